The van der Waals surface area contributed by atoms with Gasteiger partial charge in [-0.1, -0.05) is 29.8 Å². The number of imidazole rings is 1. The summed E-state index contributed by atoms with van der Waals surface area (Å²) in [5.74, 6) is -0.651. The van der Waals surface area contributed by atoms with Crippen LogP contribution in [-0.2, 0) is 0 Å². The molecule has 25 heavy (non-hydrogen) atoms. The molecular formula is C19H12ClF2N3. The van der Waals surface area contributed by atoms with Crippen LogP contribution in [0.25, 0.3) is 28.1 Å². The first-order chi connectivity index (χ1) is 12.0. The molecule has 4 rings (SSSR count). The summed E-state index contributed by atoms with van der Waals surface area (Å²) in [7, 11) is 0. The number of rotatable bonds is 2. The third-order valence-electron chi connectivity index (χ3n) is 3.97. The first-order valence-corrected chi connectivity index (χ1v) is 7.98. The fourth-order valence-corrected chi connectivity index (χ4v) is 2.94. The summed E-state index contributed by atoms with van der Waals surface area (Å²) in [5.41, 5.74) is 2.51. The third kappa shape index (κ3) is 2.76. The topological polar surface area (TPSA) is 30.7 Å². The fraction of sp³-hybridized carbons (Fsp3) is 0.0526. The first kappa shape index (κ1) is 15.7. The Hall–Kier alpha value is -2.79. The Morgan fingerprint density at radius 3 is 2.40 bits per heavy atom. The number of aryl methyl sites for hydroxylation is 1. The van der Waals surface area contributed by atoms with Crippen LogP contribution in [0.2, 0.25) is 5.02 Å². The van der Waals surface area contributed by atoms with Gasteiger partial charge in [0.25, 0.3) is 0 Å². The van der Waals surface area contributed by atoms with Crippen LogP contribution in [0.4, 0.5) is 8.78 Å². The van der Waals surface area contributed by atoms with E-state index in [-0.39, 0.29) is 0 Å². The molecule has 0 atom stereocenters. The van der Waals surface area contributed by atoms with Crippen LogP contribution in [0.3, 0.4) is 0 Å². The van der Waals surface area contributed by atoms with E-state index in [4.69, 9.17) is 11.6 Å². The number of benzene rings is 2. The van der Waals surface area contributed by atoms with Gasteiger partial charge >= 0.3 is 0 Å². The molecule has 6 heteroatoms. The van der Waals surface area contributed by atoms with E-state index >= 15 is 0 Å². The van der Waals surface area contributed by atoms with E-state index < -0.39 is 11.6 Å². The zero-order valence-corrected chi connectivity index (χ0v) is 13.9. The van der Waals surface area contributed by atoms with E-state index in [9.17, 15) is 8.78 Å². The highest BCUT2D eigenvalue weighted by Gasteiger charge is 2.14. The summed E-state index contributed by atoms with van der Waals surface area (Å²) in [6.07, 6.45) is 0. The Balaban J connectivity index is 1.89. The van der Waals surface area contributed by atoms with Gasteiger partial charge in [-0.25, -0.2) is 18.7 Å². The van der Waals surface area contributed by atoms with Gasteiger partial charge in [0, 0.05) is 22.7 Å². The highest BCUT2D eigenvalue weighted by atomic mass is 35.5. The lowest BCUT2D eigenvalue weighted by atomic mass is 10.1. The van der Waals surface area contributed by atoms with Crippen molar-refractivity contribution < 1.29 is 8.78 Å². The molecule has 2 heterocycles. The average molecular weight is 356 g/mol. The van der Waals surface area contributed by atoms with Crippen LogP contribution in [0.5, 0.6) is 0 Å². The van der Waals surface area contributed by atoms with E-state index in [1.54, 1.807) is 29.7 Å². The summed E-state index contributed by atoms with van der Waals surface area (Å²) in [6, 6.07) is 15.1. The van der Waals surface area contributed by atoms with Gasteiger partial charge in [-0.15, -0.1) is 0 Å². The highest BCUT2D eigenvalue weighted by molar-refractivity contribution is 6.30. The third-order valence-corrected chi connectivity index (χ3v) is 4.22. The first-order valence-electron chi connectivity index (χ1n) is 7.60. The normalized spacial score (nSPS) is 11.2. The Bertz CT molecular complexity index is 1090. The summed E-state index contributed by atoms with van der Waals surface area (Å²) in [4.78, 5) is 8.95. The second kappa shape index (κ2) is 5.93. The minimum absolute atomic E-state index is 0.384. The lowest BCUT2D eigenvalue weighted by molar-refractivity contribution is 0.510. The maximum absolute atomic E-state index is 13.7. The van der Waals surface area contributed by atoms with Crippen LogP contribution >= 0.6 is 11.6 Å². The van der Waals surface area contributed by atoms with Crippen LogP contribution in [0.15, 0.2) is 54.6 Å². The van der Waals surface area contributed by atoms with Crippen molar-refractivity contribution in [2.45, 2.75) is 6.92 Å². The molecule has 0 unspecified atom stereocenters. The van der Waals surface area contributed by atoms with Crippen LogP contribution in [0, 0.1) is 18.6 Å². The Morgan fingerprint density at radius 1 is 0.920 bits per heavy atom. The number of hydrogen-bond donors (Lipinski definition) is 0. The molecule has 0 saturated carbocycles. The molecule has 0 bridgehead atoms. The Kier molecular flexibility index (Phi) is 3.73. The van der Waals surface area contributed by atoms with Crippen LogP contribution in [0.1, 0.15) is 5.82 Å². The molecule has 0 fully saturated rings. The molecule has 3 nitrogen and oxygen atoms in total. The molecule has 0 aliphatic rings. The standard InChI is InChI=1S/C19H12ClF2N3/c1-11-23-17-9-14(21)15(22)10-18(17)25(11)19-4-2-3-16(24-19)12-5-7-13(20)8-6-12/h2-10H,1H3. The number of pyridine rings is 1. The molecule has 0 N–H and O–H groups in total. The minimum atomic E-state index is -0.917. The van der Waals surface area contributed by atoms with E-state index in [2.05, 4.69) is 9.97 Å². The van der Waals surface area contributed by atoms with Crippen molar-refractivity contribution in [3.05, 3.63) is 77.1 Å². The Labute approximate surface area is 147 Å². The quantitative estimate of drug-likeness (QED) is 0.486. The van der Waals surface area contributed by atoms with Gasteiger partial charge in [0.2, 0.25) is 0 Å². The number of aromatic nitrogens is 3. The lowest BCUT2D eigenvalue weighted by Crippen LogP contribution is -2.01. The second-order valence-corrected chi connectivity index (χ2v) is 6.07. The monoisotopic (exact) mass is 355 g/mol. The number of halogens is 3. The number of nitrogens with zero attached hydrogens (tertiary/aromatic N) is 3. The summed E-state index contributed by atoms with van der Waals surface area (Å²) in [5, 5.41) is 0.647. The smallest absolute Gasteiger partial charge is 0.161 e. The van der Waals surface area contributed by atoms with Gasteiger partial charge < -0.3 is 0 Å². The van der Waals surface area contributed by atoms with E-state index in [1.807, 2.05) is 24.3 Å². The highest BCUT2D eigenvalue weighted by Crippen LogP contribution is 2.25. The molecule has 0 saturated heterocycles. The van der Waals surface area contributed by atoms with Crippen LogP contribution in [-0.4, -0.2) is 14.5 Å². The van der Waals surface area contributed by atoms with Crippen molar-refractivity contribution in [3.8, 4) is 17.1 Å². The molecule has 0 aliphatic heterocycles. The maximum atomic E-state index is 13.7. The SMILES string of the molecule is Cc1nc2cc(F)c(F)cc2n1-c1cccc(-c2ccc(Cl)cc2)n1. The van der Waals surface area contributed by atoms with Crippen molar-refractivity contribution in [2.75, 3.05) is 0 Å². The summed E-state index contributed by atoms with van der Waals surface area (Å²) < 4.78 is 28.9. The average Bonchev–Trinajstić information content (AvgIpc) is 2.91. The Morgan fingerprint density at radius 2 is 1.64 bits per heavy atom. The van der Waals surface area contributed by atoms with E-state index in [1.165, 1.54) is 0 Å². The molecule has 4 aromatic rings. The molecule has 2 aromatic heterocycles. The van der Waals surface area contributed by atoms with Crippen molar-refractivity contribution in [2.24, 2.45) is 0 Å². The molecule has 0 amide bonds. The molecule has 124 valence electrons. The van der Waals surface area contributed by atoms with Crippen LogP contribution < -0.4 is 0 Å². The van der Waals surface area contributed by atoms with Crippen molar-refractivity contribution in [1.82, 2.24) is 14.5 Å². The summed E-state index contributed by atoms with van der Waals surface area (Å²) in [6.45, 7) is 1.77. The van der Waals surface area contributed by atoms with E-state index in [0.717, 1.165) is 23.4 Å². The van der Waals surface area contributed by atoms with Gasteiger partial charge in [0.1, 0.15) is 11.6 Å². The molecular weight excluding hydrogens is 344 g/mol. The molecule has 2 aromatic carbocycles. The zero-order chi connectivity index (χ0) is 17.6. The number of hydrogen-bond acceptors (Lipinski definition) is 2. The van der Waals surface area contributed by atoms with Gasteiger partial charge in [-0.2, -0.15) is 0 Å². The molecule has 0 spiro atoms. The maximum Gasteiger partial charge on any atom is 0.161 e. The van der Waals surface area contributed by atoms with Crippen molar-refractivity contribution >= 4 is 22.6 Å². The van der Waals surface area contributed by atoms with Gasteiger partial charge in [-0.3, -0.25) is 4.57 Å². The molecule has 0 radical (unpaired) electrons. The van der Waals surface area contributed by atoms with Crippen molar-refractivity contribution in [3.63, 3.8) is 0 Å². The van der Waals surface area contributed by atoms with Gasteiger partial charge in [0.05, 0.1) is 16.7 Å². The fourth-order valence-electron chi connectivity index (χ4n) is 2.81. The second-order valence-electron chi connectivity index (χ2n) is 5.64. The van der Waals surface area contributed by atoms with Gasteiger partial charge in [-0.05, 0) is 31.2 Å². The summed E-state index contributed by atoms with van der Waals surface area (Å²) >= 11 is 5.93. The van der Waals surface area contributed by atoms with Crippen molar-refractivity contribution in [1.29, 1.82) is 0 Å². The largest absolute Gasteiger partial charge is 0.280 e. The molecule has 0 aliphatic carbocycles. The number of fused-ring (bicyclic) bond motifs is 1. The van der Waals surface area contributed by atoms with E-state index in [0.29, 0.717) is 27.7 Å². The zero-order valence-electron chi connectivity index (χ0n) is 13.2. The lowest BCUT2D eigenvalue weighted by Gasteiger charge is -2.09. The minimum Gasteiger partial charge on any atom is -0.280 e. The predicted molar refractivity (Wildman–Crippen MR) is 94.0 cm³/mol. The van der Waals surface area contributed by atoms with Gasteiger partial charge in [0.15, 0.2) is 11.6 Å². The predicted octanol–water partition coefficient (Wildman–Crippen LogP) is 5.33.